The Morgan fingerprint density at radius 3 is 2.32 bits per heavy atom. The van der Waals surface area contributed by atoms with Crippen molar-refractivity contribution in [2.24, 2.45) is 0 Å². The number of carbonyl (C=O) groups is 2. The zero-order valence-electron chi connectivity index (χ0n) is 14.1. The molecule has 0 unspecified atom stereocenters. The van der Waals surface area contributed by atoms with E-state index in [1.54, 1.807) is 24.3 Å². The predicted molar refractivity (Wildman–Crippen MR) is 98.6 cm³/mol. The summed E-state index contributed by atoms with van der Waals surface area (Å²) in [5.74, 6) is -0.218. The van der Waals surface area contributed by atoms with Crippen molar-refractivity contribution >= 4 is 27.8 Å². The molecule has 0 fully saturated rings. The summed E-state index contributed by atoms with van der Waals surface area (Å²) in [4.78, 5) is 23.9. The number of benzene rings is 2. The average molecular weight is 406 g/mol. The largest absolute Gasteiger partial charge is 0.494 e. The molecule has 0 aliphatic rings. The maximum Gasteiger partial charge on any atom is 0.338 e. The summed E-state index contributed by atoms with van der Waals surface area (Å²) in [7, 11) is 0. The Labute approximate surface area is 155 Å². The van der Waals surface area contributed by atoms with E-state index in [1.807, 2.05) is 38.1 Å². The van der Waals surface area contributed by atoms with Crippen LogP contribution in [-0.2, 0) is 9.53 Å². The van der Waals surface area contributed by atoms with E-state index in [2.05, 4.69) is 21.2 Å². The Hall–Kier alpha value is -2.34. The molecule has 1 atom stereocenters. The van der Waals surface area contributed by atoms with Gasteiger partial charge in [0, 0.05) is 4.47 Å². The van der Waals surface area contributed by atoms with Crippen molar-refractivity contribution in [1.82, 2.24) is 5.32 Å². The topological polar surface area (TPSA) is 64.6 Å². The SMILES string of the molecule is CCOc1ccc(C(=O)OCC(=O)N[C@H](C)c2ccc(Br)cc2)cc1. The summed E-state index contributed by atoms with van der Waals surface area (Å²) in [6.07, 6.45) is 0. The molecule has 1 amide bonds. The Morgan fingerprint density at radius 1 is 1.08 bits per heavy atom. The van der Waals surface area contributed by atoms with Gasteiger partial charge in [-0.3, -0.25) is 4.79 Å². The van der Waals surface area contributed by atoms with Gasteiger partial charge < -0.3 is 14.8 Å². The molecular formula is C19H20BrNO4. The lowest BCUT2D eigenvalue weighted by Crippen LogP contribution is -2.31. The number of halogens is 1. The van der Waals surface area contributed by atoms with E-state index in [0.717, 1.165) is 10.0 Å². The zero-order valence-corrected chi connectivity index (χ0v) is 15.7. The number of hydrogen-bond donors (Lipinski definition) is 1. The number of amides is 1. The van der Waals surface area contributed by atoms with E-state index >= 15 is 0 Å². The van der Waals surface area contributed by atoms with Gasteiger partial charge in [0.25, 0.3) is 5.91 Å². The van der Waals surface area contributed by atoms with Gasteiger partial charge in [-0.05, 0) is 55.8 Å². The highest BCUT2D eigenvalue weighted by molar-refractivity contribution is 9.10. The minimum absolute atomic E-state index is 0.176. The van der Waals surface area contributed by atoms with Crippen molar-refractivity contribution in [2.45, 2.75) is 19.9 Å². The van der Waals surface area contributed by atoms with Crippen LogP contribution in [0.1, 0.15) is 35.8 Å². The number of esters is 1. The summed E-state index contributed by atoms with van der Waals surface area (Å²) in [6, 6.07) is 14.1. The molecule has 6 heteroatoms. The summed E-state index contributed by atoms with van der Waals surface area (Å²) < 4.78 is 11.3. The second-order valence-electron chi connectivity index (χ2n) is 5.37. The van der Waals surface area contributed by atoms with Crippen LogP contribution in [0.15, 0.2) is 53.0 Å². The Kier molecular flexibility index (Phi) is 7.01. The first-order valence-electron chi connectivity index (χ1n) is 7.94. The maximum absolute atomic E-state index is 12.0. The predicted octanol–water partition coefficient (Wildman–Crippen LogP) is 3.88. The average Bonchev–Trinajstić information content (AvgIpc) is 2.61. The molecule has 0 bridgehead atoms. The van der Waals surface area contributed by atoms with Crippen LogP contribution in [0.4, 0.5) is 0 Å². The lowest BCUT2D eigenvalue weighted by Gasteiger charge is -2.14. The van der Waals surface area contributed by atoms with Crippen LogP contribution in [0.3, 0.4) is 0 Å². The molecule has 0 spiro atoms. The highest BCUT2D eigenvalue weighted by Gasteiger charge is 2.13. The quantitative estimate of drug-likeness (QED) is 0.709. The molecular weight excluding hydrogens is 386 g/mol. The van der Waals surface area contributed by atoms with Crippen LogP contribution in [0.5, 0.6) is 5.75 Å². The summed E-state index contributed by atoms with van der Waals surface area (Å²) in [5, 5.41) is 2.80. The van der Waals surface area contributed by atoms with Crippen molar-refractivity contribution in [3.63, 3.8) is 0 Å². The first-order valence-corrected chi connectivity index (χ1v) is 8.73. The van der Waals surface area contributed by atoms with Crippen molar-refractivity contribution in [3.8, 4) is 5.75 Å². The lowest BCUT2D eigenvalue weighted by atomic mass is 10.1. The minimum Gasteiger partial charge on any atom is -0.494 e. The Balaban J connectivity index is 1.82. The molecule has 5 nitrogen and oxygen atoms in total. The van der Waals surface area contributed by atoms with Crippen molar-refractivity contribution in [3.05, 3.63) is 64.1 Å². The highest BCUT2D eigenvalue weighted by atomic mass is 79.9. The van der Waals surface area contributed by atoms with E-state index in [0.29, 0.717) is 17.9 Å². The van der Waals surface area contributed by atoms with Crippen LogP contribution in [0.2, 0.25) is 0 Å². The summed E-state index contributed by atoms with van der Waals surface area (Å²) in [6.45, 7) is 3.99. The smallest absolute Gasteiger partial charge is 0.338 e. The molecule has 2 aromatic rings. The van der Waals surface area contributed by atoms with Gasteiger partial charge in [0.1, 0.15) is 5.75 Å². The molecule has 0 aliphatic heterocycles. The molecule has 0 aromatic heterocycles. The molecule has 0 saturated carbocycles. The van der Waals surface area contributed by atoms with Gasteiger partial charge in [0.15, 0.2) is 6.61 Å². The third kappa shape index (κ3) is 5.90. The van der Waals surface area contributed by atoms with E-state index in [1.165, 1.54) is 0 Å². The molecule has 2 aromatic carbocycles. The van der Waals surface area contributed by atoms with Gasteiger partial charge in [-0.25, -0.2) is 4.79 Å². The standard InChI is InChI=1S/C19H20BrNO4/c1-3-24-17-10-6-15(7-11-17)19(23)25-12-18(22)21-13(2)14-4-8-16(20)9-5-14/h4-11,13H,3,12H2,1-2H3,(H,21,22)/t13-/m1/s1. The number of rotatable bonds is 7. The van der Waals surface area contributed by atoms with E-state index < -0.39 is 5.97 Å². The van der Waals surface area contributed by atoms with Gasteiger partial charge in [0.05, 0.1) is 18.2 Å². The van der Waals surface area contributed by atoms with Crippen molar-refractivity contribution in [2.75, 3.05) is 13.2 Å². The summed E-state index contributed by atoms with van der Waals surface area (Å²) in [5.41, 5.74) is 1.34. The minimum atomic E-state index is -0.547. The Morgan fingerprint density at radius 2 is 1.72 bits per heavy atom. The maximum atomic E-state index is 12.0. The zero-order chi connectivity index (χ0) is 18.2. The number of ether oxygens (including phenoxy) is 2. The first kappa shape index (κ1) is 19.0. The van der Waals surface area contributed by atoms with Gasteiger partial charge in [-0.2, -0.15) is 0 Å². The van der Waals surface area contributed by atoms with Crippen LogP contribution in [0.25, 0.3) is 0 Å². The molecule has 0 aliphatic carbocycles. The number of carbonyl (C=O) groups excluding carboxylic acids is 2. The first-order chi connectivity index (χ1) is 12.0. The molecule has 0 heterocycles. The Bertz CT molecular complexity index is 713. The fraction of sp³-hybridized carbons (Fsp3) is 0.263. The molecule has 2 rings (SSSR count). The lowest BCUT2D eigenvalue weighted by molar-refractivity contribution is -0.124. The van der Waals surface area contributed by atoms with Crippen LogP contribution in [-0.4, -0.2) is 25.1 Å². The molecule has 1 N–H and O–H groups in total. The van der Waals surface area contributed by atoms with Gasteiger partial charge in [0.2, 0.25) is 0 Å². The van der Waals surface area contributed by atoms with Crippen LogP contribution >= 0.6 is 15.9 Å². The number of nitrogens with one attached hydrogen (secondary N) is 1. The molecule has 0 saturated heterocycles. The fourth-order valence-electron chi connectivity index (χ4n) is 2.19. The molecule has 132 valence electrons. The van der Waals surface area contributed by atoms with Crippen LogP contribution in [0, 0.1) is 0 Å². The van der Waals surface area contributed by atoms with E-state index in [9.17, 15) is 9.59 Å². The third-order valence-electron chi connectivity index (χ3n) is 3.48. The summed E-state index contributed by atoms with van der Waals surface area (Å²) >= 11 is 3.37. The van der Waals surface area contributed by atoms with Gasteiger partial charge in [-0.1, -0.05) is 28.1 Å². The third-order valence-corrected chi connectivity index (χ3v) is 4.01. The number of hydrogen-bond acceptors (Lipinski definition) is 4. The van der Waals surface area contributed by atoms with Crippen molar-refractivity contribution < 1.29 is 19.1 Å². The van der Waals surface area contributed by atoms with Crippen LogP contribution < -0.4 is 10.1 Å². The second-order valence-corrected chi connectivity index (χ2v) is 6.29. The molecule has 25 heavy (non-hydrogen) atoms. The van der Waals surface area contributed by atoms with Crippen molar-refractivity contribution in [1.29, 1.82) is 0 Å². The van der Waals surface area contributed by atoms with Gasteiger partial charge in [-0.15, -0.1) is 0 Å². The van der Waals surface area contributed by atoms with Gasteiger partial charge >= 0.3 is 5.97 Å². The monoisotopic (exact) mass is 405 g/mol. The highest BCUT2D eigenvalue weighted by Crippen LogP contribution is 2.16. The van der Waals surface area contributed by atoms with E-state index in [4.69, 9.17) is 9.47 Å². The van der Waals surface area contributed by atoms with E-state index in [-0.39, 0.29) is 18.6 Å². The fourth-order valence-corrected chi connectivity index (χ4v) is 2.45. The molecule has 0 radical (unpaired) electrons. The normalized spacial score (nSPS) is 11.5. The second kappa shape index (κ2) is 9.22.